The Morgan fingerprint density at radius 1 is 1.00 bits per heavy atom. The second-order valence-electron chi connectivity index (χ2n) is 1.58. The van der Waals surface area contributed by atoms with Crippen molar-refractivity contribution in [2.24, 2.45) is 0 Å². The molecule has 0 aromatic heterocycles. The molecule has 4 heteroatoms. The Labute approximate surface area is 121 Å². The van der Waals surface area contributed by atoms with E-state index < -0.39 is 0 Å². The van der Waals surface area contributed by atoms with E-state index in [1.165, 1.54) is 0 Å². The molecule has 13 heavy (non-hydrogen) atoms. The maximum atomic E-state index is 8.63. The van der Waals surface area contributed by atoms with Crippen LogP contribution in [0.25, 0.3) is 0 Å². The topological polar surface area (TPSA) is 20.2 Å². The molecule has 0 saturated carbocycles. The van der Waals surface area contributed by atoms with Gasteiger partial charge in [0.2, 0.25) is 0 Å². The first kappa shape index (κ1) is 16.6. The molecule has 0 fully saturated rings. The average Bonchev–Trinajstić information content (AvgIpc) is 2.08. The van der Waals surface area contributed by atoms with Crippen LogP contribution in [0.3, 0.4) is 0 Å². The van der Waals surface area contributed by atoms with Gasteiger partial charge in [0.05, 0.1) is 0 Å². The fourth-order valence-corrected chi connectivity index (χ4v) is 0.428. The Morgan fingerprint density at radius 2 is 1.31 bits per heavy atom. The number of halogens is 3. The number of alkyl halides is 3. The summed E-state index contributed by atoms with van der Waals surface area (Å²) in [7, 11) is 0. The third-order valence-corrected chi connectivity index (χ3v) is 0.756. The zero-order valence-corrected chi connectivity index (χ0v) is 14.0. The van der Waals surface area contributed by atoms with Gasteiger partial charge >= 0.3 is 0 Å². The van der Waals surface area contributed by atoms with Crippen molar-refractivity contribution in [1.82, 2.24) is 0 Å². The molecule has 0 heterocycles. The van der Waals surface area contributed by atoms with Crippen LogP contribution >= 0.6 is 67.8 Å². The number of hydrogen-bond acceptors (Lipinski definition) is 1. The van der Waals surface area contributed by atoms with Crippen LogP contribution in [0.2, 0.25) is 0 Å². The monoisotopic (exact) mass is 518 g/mol. The fraction of sp³-hybridized carbons (Fsp3) is 0.333. The van der Waals surface area contributed by atoms with Crippen molar-refractivity contribution in [2.75, 3.05) is 0 Å². The van der Waals surface area contributed by atoms with E-state index in [2.05, 4.69) is 67.8 Å². The summed E-state index contributed by atoms with van der Waals surface area (Å²) in [5.41, 5.74) is 0. The van der Waals surface area contributed by atoms with Gasteiger partial charge in [-0.1, -0.05) is 99.8 Å². The van der Waals surface area contributed by atoms with Crippen LogP contribution in [-0.4, -0.2) is 5.04 Å². The minimum Gasteiger partial charge on any atom is -0.508 e. The minimum absolute atomic E-state index is 0.322. The van der Waals surface area contributed by atoms with Crippen molar-refractivity contribution >= 4 is 67.8 Å². The lowest BCUT2D eigenvalue weighted by Gasteiger charge is -1.82. The quantitative estimate of drug-likeness (QED) is 0.380. The molecule has 0 aliphatic carbocycles. The van der Waals surface area contributed by atoms with Gasteiger partial charge in [0.1, 0.15) is 5.69 Å². The lowest BCUT2D eigenvalue weighted by molar-refractivity contribution is 0.475. The van der Waals surface area contributed by atoms with Crippen LogP contribution in [0.5, 0.6) is 5.75 Å². The highest BCUT2D eigenvalue weighted by Crippen LogP contribution is 2.16. The van der Waals surface area contributed by atoms with Crippen LogP contribution in [0.1, 0.15) is 13.8 Å². The van der Waals surface area contributed by atoms with Crippen molar-refractivity contribution in [3.8, 4) is 5.75 Å². The molecular weight excluding hydrogens is 505 g/mol. The van der Waals surface area contributed by atoms with E-state index in [0.29, 0.717) is 5.75 Å². The first-order valence-corrected chi connectivity index (χ1v) is 7.53. The third-order valence-electron chi connectivity index (χ3n) is 0.756. The Bertz CT molecular complexity index is 175. The van der Waals surface area contributed by atoms with Gasteiger partial charge in [0, 0.05) is 0 Å². The Hall–Kier alpha value is 1.21. The Morgan fingerprint density at radius 3 is 1.46 bits per heavy atom. The summed E-state index contributed by atoms with van der Waals surface area (Å²) < 4.78 is 0.743. The zero-order chi connectivity index (χ0) is 10.7. The van der Waals surface area contributed by atoms with E-state index >= 15 is 0 Å². The van der Waals surface area contributed by atoms with Crippen molar-refractivity contribution in [2.45, 2.75) is 13.8 Å². The van der Waals surface area contributed by atoms with Crippen LogP contribution in [0.4, 0.5) is 0 Å². The third kappa shape index (κ3) is 19.6. The summed E-state index contributed by atoms with van der Waals surface area (Å²) in [5, 5.41) is 8.63. The molecular formula is C9H13I3O. The smallest absolute Gasteiger partial charge is 0.115 e. The molecule has 1 rings (SSSR count). The number of phenols is 1. The summed E-state index contributed by atoms with van der Waals surface area (Å²) in [6.45, 7) is 4.00. The largest absolute Gasteiger partial charge is 0.508 e. The fourth-order valence-electron chi connectivity index (χ4n) is 0.428. The first-order chi connectivity index (χ1) is 6.13. The zero-order valence-electron chi connectivity index (χ0n) is 7.55. The maximum absolute atomic E-state index is 8.63. The normalized spacial score (nSPS) is 7.85. The number of rotatable bonds is 0. The average molecular weight is 518 g/mol. The number of para-hydroxylation sites is 1. The van der Waals surface area contributed by atoms with Gasteiger partial charge in [-0.3, -0.25) is 0 Å². The highest BCUT2D eigenvalue weighted by atomic mass is 127. The predicted octanol–water partition coefficient (Wildman–Crippen LogP) is 4.99. The van der Waals surface area contributed by atoms with E-state index in [-0.39, 0.29) is 0 Å². The number of benzene rings is 1. The molecule has 1 aromatic carbocycles. The van der Waals surface area contributed by atoms with Gasteiger partial charge < -0.3 is 5.11 Å². The second kappa shape index (κ2) is 13.2. The standard InChI is InChI=1S/C6H6O.C2H6.CHI3/c7-6-4-2-1-3-5-6;1-2;2-1(3)4/h1-5,7H;1-2H3;1H. The molecule has 0 atom stereocenters. The van der Waals surface area contributed by atoms with Crippen LogP contribution in [-0.2, 0) is 0 Å². The van der Waals surface area contributed by atoms with Crippen LogP contribution in [0, 0.1) is 0 Å². The summed E-state index contributed by atoms with van der Waals surface area (Å²) in [5.74, 6) is 0.322. The molecule has 0 bridgehead atoms. The summed E-state index contributed by atoms with van der Waals surface area (Å²) in [4.78, 5) is 0. The number of aromatic hydroxyl groups is 1. The minimum atomic E-state index is 0.322. The van der Waals surface area contributed by atoms with Crippen molar-refractivity contribution in [3.05, 3.63) is 30.3 Å². The van der Waals surface area contributed by atoms with Crippen molar-refractivity contribution < 1.29 is 5.11 Å². The first-order valence-electron chi connectivity index (χ1n) is 3.79. The van der Waals surface area contributed by atoms with Crippen LogP contribution < -0.4 is 0 Å². The molecule has 0 aliphatic rings. The van der Waals surface area contributed by atoms with Gasteiger partial charge in [-0.2, -0.15) is 0 Å². The summed E-state index contributed by atoms with van der Waals surface area (Å²) in [6, 6.07) is 8.71. The summed E-state index contributed by atoms with van der Waals surface area (Å²) in [6.07, 6.45) is 0. The molecule has 0 saturated heterocycles. The van der Waals surface area contributed by atoms with E-state index in [1.807, 2.05) is 19.9 Å². The SMILES string of the molecule is CC.IC(I)I.Oc1ccccc1. The maximum Gasteiger partial charge on any atom is 0.115 e. The Balaban J connectivity index is 0. The van der Waals surface area contributed by atoms with Gasteiger partial charge in [0.15, 0.2) is 0 Å². The molecule has 1 N–H and O–H groups in total. The van der Waals surface area contributed by atoms with E-state index in [0.717, 1.165) is -0.0619 Å². The van der Waals surface area contributed by atoms with E-state index in [4.69, 9.17) is 5.11 Å². The highest BCUT2D eigenvalue weighted by molar-refractivity contribution is 14.3. The lowest BCUT2D eigenvalue weighted by Crippen LogP contribution is -1.56. The predicted molar refractivity (Wildman–Crippen MR) is 85.3 cm³/mol. The molecule has 0 spiro atoms. The molecule has 0 unspecified atom stereocenters. The second-order valence-corrected chi connectivity index (χ2v) is 12.5. The Kier molecular flexibility index (Phi) is 16.9. The van der Waals surface area contributed by atoms with E-state index in [9.17, 15) is 0 Å². The van der Waals surface area contributed by atoms with Gasteiger partial charge in [0.25, 0.3) is 0 Å². The lowest BCUT2D eigenvalue weighted by atomic mass is 10.3. The number of hydrogen-bond donors (Lipinski definition) is 1. The summed E-state index contributed by atoms with van der Waals surface area (Å²) >= 11 is 6.95. The van der Waals surface area contributed by atoms with Crippen molar-refractivity contribution in [1.29, 1.82) is 0 Å². The highest BCUT2D eigenvalue weighted by Gasteiger charge is 1.76. The van der Waals surface area contributed by atoms with Crippen LogP contribution in [0.15, 0.2) is 30.3 Å². The van der Waals surface area contributed by atoms with E-state index in [1.54, 1.807) is 24.3 Å². The number of phenolic OH excluding ortho intramolecular Hbond substituents is 1. The molecule has 0 radical (unpaired) electrons. The van der Waals surface area contributed by atoms with Gasteiger partial charge in [-0.15, -0.1) is 0 Å². The molecule has 1 aromatic rings. The van der Waals surface area contributed by atoms with Gasteiger partial charge in [-0.05, 0) is 12.1 Å². The van der Waals surface area contributed by atoms with Crippen molar-refractivity contribution in [3.63, 3.8) is 0 Å². The molecule has 76 valence electrons. The molecule has 0 aliphatic heterocycles. The van der Waals surface area contributed by atoms with Gasteiger partial charge in [-0.25, -0.2) is 0 Å². The molecule has 1 nitrogen and oxygen atoms in total. The molecule has 0 amide bonds.